The normalized spacial score (nSPS) is 12.0. The third kappa shape index (κ3) is 4.37. The second-order valence-corrected chi connectivity index (χ2v) is 7.32. The number of nitrogens with zero attached hydrogens (tertiary/aromatic N) is 2. The monoisotopic (exact) mass is 425 g/mol. The summed E-state index contributed by atoms with van der Waals surface area (Å²) in [4.78, 5) is 12.2. The van der Waals surface area contributed by atoms with Crippen molar-refractivity contribution in [2.75, 3.05) is 0 Å². The zero-order chi connectivity index (χ0) is 19.6. The molecule has 0 aliphatic heterocycles. The molecule has 1 heterocycles. The number of rotatable bonds is 5. The largest absolute Gasteiger partial charge is 0.369 e. The molecule has 0 saturated carbocycles. The predicted octanol–water partition coefficient (Wildman–Crippen LogP) is 4.83. The molecule has 0 unspecified atom stereocenters. The van der Waals surface area contributed by atoms with E-state index in [4.69, 9.17) is 28.9 Å². The van der Waals surface area contributed by atoms with Crippen LogP contribution in [-0.4, -0.2) is 16.1 Å². The lowest BCUT2D eigenvalue weighted by molar-refractivity contribution is -0.118. The van der Waals surface area contributed by atoms with Crippen molar-refractivity contribution in [2.24, 2.45) is 5.73 Å². The smallest absolute Gasteiger partial charge is 0.231 e. The van der Waals surface area contributed by atoms with E-state index in [0.717, 1.165) is 23.9 Å². The van der Waals surface area contributed by atoms with Gasteiger partial charge in [0, 0.05) is 26.6 Å². The number of carbonyl (C=O) groups is 1. The van der Waals surface area contributed by atoms with Gasteiger partial charge in [-0.25, -0.2) is 8.78 Å². The van der Waals surface area contributed by atoms with Gasteiger partial charge < -0.3 is 5.73 Å². The zero-order valence-corrected chi connectivity index (χ0v) is 15.8. The first-order valence-electron chi connectivity index (χ1n) is 7.56. The number of carbonyl (C=O) groups excluding carboxylic acids is 1. The summed E-state index contributed by atoms with van der Waals surface area (Å²) < 4.78 is 26.7. The molecule has 4 nitrogen and oxygen atoms in total. The number of amides is 1. The average molecular weight is 426 g/mol. The Morgan fingerprint density at radius 3 is 2.30 bits per heavy atom. The number of benzene rings is 2. The molecule has 2 aromatic carbocycles. The van der Waals surface area contributed by atoms with Crippen LogP contribution in [0.15, 0.2) is 58.5 Å². The summed E-state index contributed by atoms with van der Waals surface area (Å²) in [6.45, 7) is 0. The summed E-state index contributed by atoms with van der Waals surface area (Å²) in [5.74, 6) is -3.05. The molecule has 0 saturated heterocycles. The quantitative estimate of drug-likeness (QED) is 0.635. The lowest BCUT2D eigenvalue weighted by Gasteiger charge is -2.16. The molecule has 9 heteroatoms. The third-order valence-corrected chi connectivity index (χ3v) is 5.27. The number of primary amides is 1. The lowest BCUT2D eigenvalue weighted by Crippen LogP contribution is -2.24. The minimum Gasteiger partial charge on any atom is -0.369 e. The summed E-state index contributed by atoms with van der Waals surface area (Å²) in [5, 5.41) is 8.92. The summed E-state index contributed by atoms with van der Waals surface area (Å²) >= 11 is 13.3. The topological polar surface area (TPSA) is 68.9 Å². The SMILES string of the molecule is NC(=O)[C@@H](c1ccc(Sc2ccc(F)cc2F)nn1)c1c(Cl)cccc1Cl. The summed E-state index contributed by atoms with van der Waals surface area (Å²) in [6.07, 6.45) is 0. The van der Waals surface area contributed by atoms with Gasteiger partial charge in [0.05, 0.1) is 5.69 Å². The van der Waals surface area contributed by atoms with Crippen LogP contribution in [-0.2, 0) is 4.79 Å². The van der Waals surface area contributed by atoms with Crippen molar-refractivity contribution in [1.82, 2.24) is 10.2 Å². The van der Waals surface area contributed by atoms with E-state index in [1.165, 1.54) is 12.1 Å². The highest BCUT2D eigenvalue weighted by molar-refractivity contribution is 7.99. The van der Waals surface area contributed by atoms with Crippen molar-refractivity contribution >= 4 is 40.9 Å². The van der Waals surface area contributed by atoms with Crippen LogP contribution in [0, 0.1) is 11.6 Å². The highest BCUT2D eigenvalue weighted by atomic mass is 35.5. The van der Waals surface area contributed by atoms with Gasteiger partial charge in [-0.15, -0.1) is 5.10 Å². The Morgan fingerprint density at radius 2 is 1.74 bits per heavy atom. The number of halogens is 4. The van der Waals surface area contributed by atoms with Crippen LogP contribution in [0.2, 0.25) is 10.0 Å². The Kier molecular flexibility index (Phi) is 5.94. The molecule has 0 fully saturated rings. The Bertz CT molecular complexity index is 982. The minimum absolute atomic E-state index is 0.194. The van der Waals surface area contributed by atoms with E-state index in [1.807, 2.05) is 0 Å². The fourth-order valence-corrected chi connectivity index (χ4v) is 3.78. The molecule has 2 N–H and O–H groups in total. The van der Waals surface area contributed by atoms with E-state index >= 15 is 0 Å². The summed E-state index contributed by atoms with van der Waals surface area (Å²) in [7, 11) is 0. The van der Waals surface area contributed by atoms with E-state index < -0.39 is 23.5 Å². The average Bonchev–Trinajstić information content (AvgIpc) is 2.61. The molecule has 0 spiro atoms. The predicted molar refractivity (Wildman–Crippen MR) is 100 cm³/mol. The van der Waals surface area contributed by atoms with Crippen LogP contribution in [0.4, 0.5) is 8.78 Å². The van der Waals surface area contributed by atoms with E-state index in [1.54, 1.807) is 24.3 Å². The fourth-order valence-electron chi connectivity index (χ4n) is 2.43. The van der Waals surface area contributed by atoms with Crippen LogP contribution in [0.5, 0.6) is 0 Å². The number of hydrogen-bond acceptors (Lipinski definition) is 4. The molecule has 0 aliphatic rings. The molecule has 3 rings (SSSR count). The molecule has 0 radical (unpaired) electrons. The Labute approximate surface area is 167 Å². The molecule has 1 aromatic heterocycles. The van der Waals surface area contributed by atoms with Crippen molar-refractivity contribution in [3.8, 4) is 0 Å². The number of hydrogen-bond donors (Lipinski definition) is 1. The van der Waals surface area contributed by atoms with Crippen LogP contribution < -0.4 is 5.73 Å². The van der Waals surface area contributed by atoms with Gasteiger partial charge in [0.15, 0.2) is 0 Å². The summed E-state index contributed by atoms with van der Waals surface area (Å²) in [5.41, 5.74) is 6.11. The van der Waals surface area contributed by atoms with Gasteiger partial charge in [-0.2, -0.15) is 5.10 Å². The Hall–Kier alpha value is -2.22. The first-order valence-corrected chi connectivity index (χ1v) is 9.14. The molecule has 3 aromatic rings. The highest BCUT2D eigenvalue weighted by Gasteiger charge is 2.27. The van der Waals surface area contributed by atoms with Gasteiger partial charge in [0.2, 0.25) is 5.91 Å². The van der Waals surface area contributed by atoms with Crippen LogP contribution >= 0.6 is 35.0 Å². The van der Waals surface area contributed by atoms with Crippen LogP contribution in [0.25, 0.3) is 0 Å². The van der Waals surface area contributed by atoms with Gasteiger partial charge >= 0.3 is 0 Å². The molecule has 0 aliphatic carbocycles. The van der Waals surface area contributed by atoms with Gasteiger partial charge in [-0.1, -0.05) is 41.0 Å². The maximum absolute atomic E-state index is 13.8. The molecule has 0 bridgehead atoms. The third-order valence-electron chi connectivity index (χ3n) is 3.64. The minimum atomic E-state index is -0.986. The highest BCUT2D eigenvalue weighted by Crippen LogP contribution is 2.35. The van der Waals surface area contributed by atoms with Crippen molar-refractivity contribution in [2.45, 2.75) is 15.8 Å². The van der Waals surface area contributed by atoms with Crippen molar-refractivity contribution in [1.29, 1.82) is 0 Å². The molecule has 138 valence electrons. The maximum atomic E-state index is 13.8. The van der Waals surface area contributed by atoms with E-state index in [9.17, 15) is 13.6 Å². The van der Waals surface area contributed by atoms with Crippen LogP contribution in [0.3, 0.4) is 0 Å². The van der Waals surface area contributed by atoms with Gasteiger partial charge in [-0.05, 0) is 36.4 Å². The van der Waals surface area contributed by atoms with Crippen molar-refractivity contribution < 1.29 is 13.6 Å². The van der Waals surface area contributed by atoms with Crippen molar-refractivity contribution in [3.63, 3.8) is 0 Å². The van der Waals surface area contributed by atoms with E-state index in [-0.39, 0.29) is 20.6 Å². The maximum Gasteiger partial charge on any atom is 0.231 e. The number of nitrogens with two attached hydrogens (primary N) is 1. The molecule has 1 amide bonds. The summed E-state index contributed by atoms with van der Waals surface area (Å²) in [6, 6.07) is 11.2. The Morgan fingerprint density at radius 1 is 1.04 bits per heavy atom. The second kappa shape index (κ2) is 8.21. The second-order valence-electron chi connectivity index (χ2n) is 5.44. The van der Waals surface area contributed by atoms with Gasteiger partial charge in [0.1, 0.15) is 22.6 Å². The zero-order valence-electron chi connectivity index (χ0n) is 13.5. The van der Waals surface area contributed by atoms with E-state index in [2.05, 4.69) is 10.2 Å². The van der Waals surface area contributed by atoms with Gasteiger partial charge in [-0.3, -0.25) is 4.79 Å². The molecule has 27 heavy (non-hydrogen) atoms. The first kappa shape index (κ1) is 19.5. The standard InChI is InChI=1S/C18H11Cl2F2N3OS/c19-10-2-1-3-11(20)16(10)17(18(23)26)13-5-7-15(25-24-13)27-14-6-4-9(21)8-12(14)22/h1-8,17H,(H2,23,26)/t17-/m0/s1. The molecular weight excluding hydrogens is 415 g/mol. The van der Waals surface area contributed by atoms with E-state index in [0.29, 0.717) is 10.6 Å². The first-order chi connectivity index (χ1) is 12.9. The Balaban J connectivity index is 1.91. The lowest BCUT2D eigenvalue weighted by atomic mass is 9.94. The number of aromatic nitrogens is 2. The molecule has 1 atom stereocenters. The van der Waals surface area contributed by atoms with Crippen molar-refractivity contribution in [3.05, 3.63) is 81.5 Å². The fraction of sp³-hybridized carbons (Fsp3) is 0.0556. The molecular formula is C18H11Cl2F2N3OS. The van der Waals surface area contributed by atoms with Gasteiger partial charge in [0.25, 0.3) is 0 Å². The van der Waals surface area contributed by atoms with Crippen LogP contribution in [0.1, 0.15) is 17.2 Å².